The quantitative estimate of drug-likeness (QED) is 0.196. The number of phenolic OH excluding ortho intramolecular Hbond substituents is 1. The van der Waals surface area contributed by atoms with Gasteiger partial charge in [-0.2, -0.15) is 0 Å². The van der Waals surface area contributed by atoms with Gasteiger partial charge in [0.15, 0.2) is 24.1 Å². The van der Waals surface area contributed by atoms with E-state index in [2.05, 4.69) is 0 Å². The molecule has 1 fully saturated rings. The van der Waals surface area contributed by atoms with Crippen molar-refractivity contribution in [2.75, 3.05) is 6.61 Å². The number of hydrogen-bond acceptors (Lipinski definition) is 13. The highest BCUT2D eigenvalue weighted by molar-refractivity contribution is 6.00. The second-order valence-electron chi connectivity index (χ2n) is 8.73. The van der Waals surface area contributed by atoms with Crippen LogP contribution in [0.25, 0.3) is 0 Å². The number of hydrogen-bond donors (Lipinski definition) is 2. The molecule has 1 aliphatic heterocycles. The van der Waals surface area contributed by atoms with Crippen molar-refractivity contribution in [1.29, 1.82) is 0 Å². The van der Waals surface area contributed by atoms with Crippen molar-refractivity contribution in [3.05, 3.63) is 53.6 Å². The number of ether oxygens (including phenoxy) is 6. The third kappa shape index (κ3) is 7.55. The van der Waals surface area contributed by atoms with Crippen molar-refractivity contribution >= 4 is 29.7 Å². The van der Waals surface area contributed by atoms with Crippen LogP contribution in [0.2, 0.25) is 0 Å². The molecule has 0 radical (unpaired) electrons. The van der Waals surface area contributed by atoms with E-state index in [0.717, 1.165) is 39.8 Å². The number of esters is 4. The van der Waals surface area contributed by atoms with Gasteiger partial charge in [-0.1, -0.05) is 18.2 Å². The number of aliphatic hydroxyl groups excluding tert-OH is 1. The van der Waals surface area contributed by atoms with Gasteiger partial charge >= 0.3 is 23.9 Å². The molecule has 0 aromatic heterocycles. The SMILES string of the molecule is CC(=O)OC[C@@H]1O[C@H](Oc2cc(OC(=O)c3ccccc3)cc(O)c2C(C)=O)[C@@H](O)[C@H](OC(C)=O)[C@@H]1OC(C)=O. The number of ketones is 1. The van der Waals surface area contributed by atoms with Crippen LogP contribution in [0.1, 0.15) is 48.4 Å². The number of benzene rings is 2. The summed E-state index contributed by atoms with van der Waals surface area (Å²) >= 11 is 0. The molecule has 0 amide bonds. The average Bonchev–Trinajstić information content (AvgIpc) is 2.86. The summed E-state index contributed by atoms with van der Waals surface area (Å²) < 4.78 is 32.2. The normalized spacial score (nSPS) is 22.0. The number of aromatic hydroxyl groups is 1. The highest BCUT2D eigenvalue weighted by atomic mass is 16.7. The molecule has 2 aromatic rings. The fourth-order valence-electron chi connectivity index (χ4n) is 3.93. The van der Waals surface area contributed by atoms with Gasteiger partial charge in [-0.15, -0.1) is 0 Å². The first kappa shape index (κ1) is 30.1. The summed E-state index contributed by atoms with van der Waals surface area (Å²) in [7, 11) is 0. The summed E-state index contributed by atoms with van der Waals surface area (Å²) in [4.78, 5) is 59.9. The van der Waals surface area contributed by atoms with Crippen molar-refractivity contribution in [3.8, 4) is 17.2 Å². The molecule has 0 bridgehead atoms. The molecule has 1 aliphatic rings. The Kier molecular flexibility index (Phi) is 9.80. The first-order valence-electron chi connectivity index (χ1n) is 12.0. The largest absolute Gasteiger partial charge is 0.507 e. The molecule has 214 valence electrons. The lowest BCUT2D eigenvalue weighted by Gasteiger charge is -2.42. The minimum Gasteiger partial charge on any atom is -0.507 e. The summed E-state index contributed by atoms with van der Waals surface area (Å²) in [6.45, 7) is 3.90. The molecule has 0 aliphatic carbocycles. The molecule has 1 heterocycles. The van der Waals surface area contributed by atoms with Crippen LogP contribution in [0.3, 0.4) is 0 Å². The fourth-order valence-corrected chi connectivity index (χ4v) is 3.93. The lowest BCUT2D eigenvalue weighted by molar-refractivity contribution is -0.285. The van der Waals surface area contributed by atoms with Gasteiger partial charge in [0.25, 0.3) is 0 Å². The minimum absolute atomic E-state index is 0.206. The van der Waals surface area contributed by atoms with Crippen LogP contribution in [-0.4, -0.2) is 77.2 Å². The Balaban J connectivity index is 1.98. The van der Waals surface area contributed by atoms with Gasteiger partial charge in [-0.25, -0.2) is 4.79 Å². The van der Waals surface area contributed by atoms with Crippen LogP contribution in [0.4, 0.5) is 0 Å². The second kappa shape index (κ2) is 13.0. The zero-order valence-corrected chi connectivity index (χ0v) is 22.0. The number of Topliss-reactive ketones (excluding diaryl/α,β-unsaturated/α-hetero) is 1. The maximum Gasteiger partial charge on any atom is 0.343 e. The fraction of sp³-hybridized carbons (Fsp3) is 0.370. The number of carbonyl (C=O) groups excluding carboxylic acids is 5. The Hall–Kier alpha value is -4.49. The Bertz CT molecular complexity index is 1270. The lowest BCUT2D eigenvalue weighted by Crippen LogP contribution is -2.62. The molecule has 0 unspecified atom stereocenters. The standard InChI is InChI=1S/C27H28O13/c1-13(28)22-19(32)10-18(38-26(34)17-8-6-5-7-9-17)11-20(22)39-27-23(33)25(37-16(4)31)24(36-15(3)30)21(40-27)12-35-14(2)29/h5-11,21,23-25,27,32-33H,12H2,1-4H3/t21-,23-,24+,25-,27-/m0/s1. The molecule has 0 saturated carbocycles. The molecule has 0 spiro atoms. The van der Waals surface area contributed by atoms with Crippen molar-refractivity contribution in [3.63, 3.8) is 0 Å². The first-order valence-corrected chi connectivity index (χ1v) is 12.0. The minimum atomic E-state index is -1.81. The van der Waals surface area contributed by atoms with E-state index in [1.165, 1.54) is 12.1 Å². The van der Waals surface area contributed by atoms with E-state index >= 15 is 0 Å². The van der Waals surface area contributed by atoms with Gasteiger partial charge in [0.05, 0.1) is 5.56 Å². The highest BCUT2D eigenvalue weighted by Gasteiger charge is 2.51. The second-order valence-corrected chi connectivity index (χ2v) is 8.73. The average molecular weight is 561 g/mol. The molecular formula is C27H28O13. The maximum absolute atomic E-state index is 12.5. The third-order valence-corrected chi connectivity index (χ3v) is 5.54. The third-order valence-electron chi connectivity index (χ3n) is 5.54. The van der Waals surface area contributed by atoms with Crippen molar-refractivity contribution in [2.45, 2.75) is 58.4 Å². The molecule has 13 nitrogen and oxygen atoms in total. The zero-order valence-electron chi connectivity index (χ0n) is 22.0. The number of carbonyl (C=O) groups is 5. The van der Waals surface area contributed by atoms with Gasteiger partial charge in [0.2, 0.25) is 6.29 Å². The summed E-state index contributed by atoms with van der Waals surface area (Å²) in [6.07, 6.45) is -7.77. The van der Waals surface area contributed by atoms with Gasteiger partial charge in [0, 0.05) is 32.9 Å². The Morgan fingerprint density at radius 1 is 0.875 bits per heavy atom. The molecule has 1 saturated heterocycles. The van der Waals surface area contributed by atoms with Gasteiger partial charge < -0.3 is 38.6 Å². The molecule has 40 heavy (non-hydrogen) atoms. The predicted molar refractivity (Wildman–Crippen MR) is 133 cm³/mol. The van der Waals surface area contributed by atoms with Crippen LogP contribution in [-0.2, 0) is 33.3 Å². The summed E-state index contributed by atoms with van der Waals surface area (Å²) in [5.74, 6) is -4.92. The lowest BCUT2D eigenvalue weighted by atomic mass is 9.98. The molecule has 3 rings (SSSR count). The monoisotopic (exact) mass is 560 g/mol. The highest BCUT2D eigenvalue weighted by Crippen LogP contribution is 2.37. The van der Waals surface area contributed by atoms with Crippen molar-refractivity contribution < 1.29 is 62.6 Å². The Labute approximate surface area is 228 Å². The maximum atomic E-state index is 12.5. The predicted octanol–water partition coefficient (Wildman–Crippen LogP) is 1.71. The summed E-state index contributed by atoms with van der Waals surface area (Å²) in [6, 6.07) is 10.1. The molecule has 2 aromatic carbocycles. The van der Waals surface area contributed by atoms with Crippen LogP contribution >= 0.6 is 0 Å². The molecule has 2 N–H and O–H groups in total. The Morgan fingerprint density at radius 2 is 1.50 bits per heavy atom. The number of rotatable bonds is 9. The van der Waals surface area contributed by atoms with E-state index in [1.807, 2.05) is 0 Å². The molecule has 5 atom stereocenters. The number of phenols is 1. The Morgan fingerprint density at radius 3 is 2.08 bits per heavy atom. The van der Waals surface area contributed by atoms with Gasteiger partial charge in [0.1, 0.15) is 35.5 Å². The van der Waals surface area contributed by atoms with Crippen molar-refractivity contribution in [1.82, 2.24) is 0 Å². The van der Waals surface area contributed by atoms with Crippen LogP contribution in [0, 0.1) is 0 Å². The van der Waals surface area contributed by atoms with E-state index in [-0.39, 0.29) is 22.6 Å². The van der Waals surface area contributed by atoms with Gasteiger partial charge in [-0.05, 0) is 19.1 Å². The molecular weight excluding hydrogens is 532 g/mol. The van der Waals surface area contributed by atoms with Crippen LogP contribution in [0.5, 0.6) is 17.2 Å². The summed E-state index contributed by atoms with van der Waals surface area (Å²) in [5.41, 5.74) is -0.127. The first-order chi connectivity index (χ1) is 18.9. The van der Waals surface area contributed by atoms with Crippen LogP contribution in [0.15, 0.2) is 42.5 Å². The van der Waals surface area contributed by atoms with E-state index in [9.17, 15) is 34.2 Å². The number of aliphatic hydroxyl groups is 1. The van der Waals surface area contributed by atoms with Crippen LogP contribution < -0.4 is 9.47 Å². The summed E-state index contributed by atoms with van der Waals surface area (Å²) in [5, 5.41) is 21.6. The van der Waals surface area contributed by atoms with E-state index < -0.39 is 72.7 Å². The smallest absolute Gasteiger partial charge is 0.343 e. The van der Waals surface area contributed by atoms with E-state index in [1.54, 1.807) is 18.2 Å². The molecule has 13 heteroatoms. The van der Waals surface area contributed by atoms with E-state index in [0.29, 0.717) is 0 Å². The zero-order chi connectivity index (χ0) is 29.6. The van der Waals surface area contributed by atoms with Gasteiger partial charge in [-0.3, -0.25) is 19.2 Å². The van der Waals surface area contributed by atoms with E-state index in [4.69, 9.17) is 28.4 Å². The topological polar surface area (TPSA) is 181 Å². The van der Waals surface area contributed by atoms with Crippen molar-refractivity contribution in [2.24, 2.45) is 0 Å².